The first-order valence-corrected chi connectivity index (χ1v) is 8.46. The van der Waals surface area contributed by atoms with E-state index in [1.807, 2.05) is 30.3 Å². The molecule has 0 aliphatic heterocycles. The molecule has 1 aromatic carbocycles. The van der Waals surface area contributed by atoms with E-state index in [0.717, 1.165) is 18.4 Å². The number of rotatable bonds is 8. The van der Waals surface area contributed by atoms with Gasteiger partial charge in [-0.1, -0.05) is 68.1 Å². The number of carbonyl (C=O) groups is 1. The van der Waals surface area contributed by atoms with Crippen LogP contribution in [0.2, 0.25) is 0 Å². The number of unbranched alkanes of at least 4 members (excludes halogenated alkanes) is 3. The number of carbonyl (C=O) groups excluding carboxylic acids is 1. The quantitative estimate of drug-likeness (QED) is 0.716. The first-order chi connectivity index (χ1) is 11.1. The highest BCUT2D eigenvalue weighted by atomic mass is 16.5. The molecule has 4 heteroatoms. The van der Waals surface area contributed by atoms with E-state index in [-0.39, 0.29) is 11.9 Å². The Balaban J connectivity index is 2.04. The molecule has 1 N–H and O–H groups in total. The molecule has 0 spiro atoms. The van der Waals surface area contributed by atoms with Crippen molar-refractivity contribution in [2.75, 3.05) is 0 Å². The summed E-state index contributed by atoms with van der Waals surface area (Å²) in [7, 11) is 0. The molecule has 0 aliphatic rings. The lowest BCUT2D eigenvalue weighted by Gasteiger charge is -2.13. The Morgan fingerprint density at radius 3 is 2.65 bits per heavy atom. The van der Waals surface area contributed by atoms with Gasteiger partial charge in [0.15, 0.2) is 0 Å². The van der Waals surface area contributed by atoms with Crippen molar-refractivity contribution in [1.29, 1.82) is 0 Å². The topological polar surface area (TPSA) is 55.1 Å². The number of aromatic nitrogens is 1. The lowest BCUT2D eigenvalue weighted by Crippen LogP contribution is -2.33. The zero-order valence-corrected chi connectivity index (χ0v) is 14.3. The Labute approximate surface area is 138 Å². The summed E-state index contributed by atoms with van der Waals surface area (Å²) in [6.45, 7) is 6.03. The van der Waals surface area contributed by atoms with Crippen LogP contribution in [-0.4, -0.2) is 17.1 Å². The first-order valence-electron chi connectivity index (χ1n) is 8.46. The zero-order valence-electron chi connectivity index (χ0n) is 14.3. The van der Waals surface area contributed by atoms with Crippen molar-refractivity contribution >= 4 is 5.91 Å². The third-order valence-electron chi connectivity index (χ3n) is 4.01. The standard InChI is InChI=1S/C19H26N2O2/c1-4-5-6-8-11-14(2)20-19(22)17-15(3)23-21-18(17)16-12-9-7-10-13-16/h7,9-10,12-14H,4-6,8,11H2,1-3H3,(H,20,22)/t14-/m0/s1. The molecule has 0 radical (unpaired) electrons. The molecule has 1 aromatic heterocycles. The molecule has 2 aromatic rings. The lowest BCUT2D eigenvalue weighted by molar-refractivity contribution is 0.0937. The predicted octanol–water partition coefficient (Wildman–Crippen LogP) is 4.74. The van der Waals surface area contributed by atoms with Crippen LogP contribution in [0.3, 0.4) is 0 Å². The maximum Gasteiger partial charge on any atom is 0.257 e. The van der Waals surface area contributed by atoms with Crippen LogP contribution in [0.15, 0.2) is 34.9 Å². The van der Waals surface area contributed by atoms with Crippen LogP contribution < -0.4 is 5.32 Å². The normalized spacial score (nSPS) is 12.1. The van der Waals surface area contributed by atoms with Crippen LogP contribution >= 0.6 is 0 Å². The molecule has 0 saturated heterocycles. The second-order valence-corrected chi connectivity index (χ2v) is 6.05. The number of hydrogen-bond acceptors (Lipinski definition) is 3. The number of hydrogen-bond donors (Lipinski definition) is 1. The molecule has 1 amide bonds. The van der Waals surface area contributed by atoms with Gasteiger partial charge < -0.3 is 9.84 Å². The number of aryl methyl sites for hydroxylation is 1. The highest BCUT2D eigenvalue weighted by Crippen LogP contribution is 2.25. The Morgan fingerprint density at radius 1 is 1.22 bits per heavy atom. The maximum absolute atomic E-state index is 12.6. The highest BCUT2D eigenvalue weighted by molar-refractivity contribution is 6.00. The second kappa shape index (κ2) is 8.51. The lowest BCUT2D eigenvalue weighted by atomic mass is 10.0. The van der Waals surface area contributed by atoms with Crippen molar-refractivity contribution in [2.45, 2.75) is 58.9 Å². The van der Waals surface area contributed by atoms with Gasteiger partial charge in [-0.2, -0.15) is 0 Å². The van der Waals surface area contributed by atoms with Gasteiger partial charge in [0.05, 0.1) is 0 Å². The van der Waals surface area contributed by atoms with Crippen LogP contribution in [0.5, 0.6) is 0 Å². The van der Waals surface area contributed by atoms with Gasteiger partial charge in [-0.05, 0) is 20.3 Å². The zero-order chi connectivity index (χ0) is 16.7. The summed E-state index contributed by atoms with van der Waals surface area (Å²) in [5, 5.41) is 7.14. The van der Waals surface area contributed by atoms with E-state index >= 15 is 0 Å². The van der Waals surface area contributed by atoms with E-state index in [1.165, 1.54) is 19.3 Å². The maximum atomic E-state index is 12.6. The van der Waals surface area contributed by atoms with Gasteiger partial charge in [-0.25, -0.2) is 0 Å². The molecule has 1 atom stereocenters. The highest BCUT2D eigenvalue weighted by Gasteiger charge is 2.22. The van der Waals surface area contributed by atoms with Gasteiger partial charge in [0, 0.05) is 11.6 Å². The molecule has 2 rings (SSSR count). The monoisotopic (exact) mass is 314 g/mol. The van der Waals surface area contributed by atoms with Gasteiger partial charge in [0.25, 0.3) is 5.91 Å². The third-order valence-corrected chi connectivity index (χ3v) is 4.01. The largest absolute Gasteiger partial charge is 0.360 e. The molecule has 0 fully saturated rings. The summed E-state index contributed by atoms with van der Waals surface area (Å²) < 4.78 is 5.26. The van der Waals surface area contributed by atoms with Gasteiger partial charge in [-0.3, -0.25) is 4.79 Å². The van der Waals surface area contributed by atoms with E-state index < -0.39 is 0 Å². The van der Waals surface area contributed by atoms with Gasteiger partial charge in [0.1, 0.15) is 17.0 Å². The Morgan fingerprint density at radius 2 is 1.96 bits per heavy atom. The summed E-state index contributed by atoms with van der Waals surface area (Å²) in [6.07, 6.45) is 5.84. The number of amides is 1. The predicted molar refractivity (Wildman–Crippen MR) is 92.4 cm³/mol. The van der Waals surface area contributed by atoms with E-state index in [2.05, 4.69) is 24.3 Å². The van der Waals surface area contributed by atoms with Crippen LogP contribution in [0.4, 0.5) is 0 Å². The third kappa shape index (κ3) is 4.68. The minimum Gasteiger partial charge on any atom is -0.360 e. The molecule has 23 heavy (non-hydrogen) atoms. The molecule has 124 valence electrons. The van der Waals surface area contributed by atoms with Gasteiger partial charge in [-0.15, -0.1) is 0 Å². The fourth-order valence-corrected chi connectivity index (χ4v) is 2.68. The van der Waals surface area contributed by atoms with Crippen LogP contribution in [0.1, 0.15) is 62.1 Å². The van der Waals surface area contributed by atoms with Crippen molar-refractivity contribution in [3.63, 3.8) is 0 Å². The molecule has 0 aliphatic carbocycles. The van der Waals surface area contributed by atoms with Crippen LogP contribution in [-0.2, 0) is 0 Å². The minimum absolute atomic E-state index is 0.106. The Bertz CT molecular complexity index is 620. The summed E-state index contributed by atoms with van der Waals surface area (Å²) >= 11 is 0. The van der Waals surface area contributed by atoms with Crippen molar-refractivity contribution in [2.24, 2.45) is 0 Å². The van der Waals surface area contributed by atoms with E-state index in [4.69, 9.17) is 4.52 Å². The van der Waals surface area contributed by atoms with Crippen molar-refractivity contribution in [1.82, 2.24) is 10.5 Å². The molecule has 0 unspecified atom stereocenters. The molecule has 0 bridgehead atoms. The average Bonchev–Trinajstić information content (AvgIpc) is 2.94. The van der Waals surface area contributed by atoms with Crippen molar-refractivity contribution in [3.8, 4) is 11.3 Å². The van der Waals surface area contributed by atoms with E-state index in [1.54, 1.807) is 6.92 Å². The summed E-state index contributed by atoms with van der Waals surface area (Å²) in [5.41, 5.74) is 2.04. The number of nitrogens with one attached hydrogen (secondary N) is 1. The number of nitrogens with zero attached hydrogens (tertiary/aromatic N) is 1. The molecule has 0 saturated carbocycles. The Kier molecular flexibility index (Phi) is 6.39. The fraction of sp³-hybridized carbons (Fsp3) is 0.474. The Hall–Kier alpha value is -2.10. The summed E-state index contributed by atoms with van der Waals surface area (Å²) in [5.74, 6) is 0.449. The SMILES string of the molecule is CCCCCC[C@H](C)NC(=O)c1c(-c2ccccc2)noc1C. The smallest absolute Gasteiger partial charge is 0.257 e. The minimum atomic E-state index is -0.106. The van der Waals surface area contributed by atoms with Crippen molar-refractivity contribution in [3.05, 3.63) is 41.7 Å². The number of benzene rings is 1. The summed E-state index contributed by atoms with van der Waals surface area (Å²) in [6, 6.07) is 9.81. The van der Waals surface area contributed by atoms with E-state index in [0.29, 0.717) is 17.0 Å². The molecular formula is C19H26N2O2. The molecule has 4 nitrogen and oxygen atoms in total. The van der Waals surface area contributed by atoms with Crippen LogP contribution in [0.25, 0.3) is 11.3 Å². The van der Waals surface area contributed by atoms with Crippen molar-refractivity contribution < 1.29 is 9.32 Å². The summed E-state index contributed by atoms with van der Waals surface area (Å²) in [4.78, 5) is 12.6. The van der Waals surface area contributed by atoms with Gasteiger partial charge in [0.2, 0.25) is 0 Å². The average molecular weight is 314 g/mol. The molecule has 1 heterocycles. The molecular weight excluding hydrogens is 288 g/mol. The first kappa shape index (κ1) is 17.3. The second-order valence-electron chi connectivity index (χ2n) is 6.05. The van der Waals surface area contributed by atoms with Crippen LogP contribution in [0, 0.1) is 6.92 Å². The van der Waals surface area contributed by atoms with E-state index in [9.17, 15) is 4.79 Å². The van der Waals surface area contributed by atoms with Gasteiger partial charge >= 0.3 is 0 Å². The fourth-order valence-electron chi connectivity index (χ4n) is 2.68.